The van der Waals surface area contributed by atoms with E-state index in [1.807, 2.05) is 36.4 Å². The van der Waals surface area contributed by atoms with Crippen molar-refractivity contribution >= 4 is 17.7 Å². The summed E-state index contributed by atoms with van der Waals surface area (Å²) >= 11 is 5.60. The predicted molar refractivity (Wildman–Crippen MR) is 49.5 cm³/mol. The summed E-state index contributed by atoms with van der Waals surface area (Å²) in [6, 6.07) is 9.96. The van der Waals surface area contributed by atoms with Crippen molar-refractivity contribution in [1.29, 1.82) is 0 Å². The van der Waals surface area contributed by atoms with Crippen LogP contribution in [0.15, 0.2) is 41.1 Å². The predicted octanol–water partition coefficient (Wildman–Crippen LogP) is 3.44. The van der Waals surface area contributed by atoms with Gasteiger partial charge in [0.15, 0.2) is 0 Å². The highest BCUT2D eigenvalue weighted by Gasteiger charge is 1.79. The molecule has 0 heterocycles. The van der Waals surface area contributed by atoms with Crippen LogP contribution in [0.2, 0.25) is 0 Å². The molecule has 1 heteroatoms. The third kappa shape index (κ3) is 3.08. The SMILES string of the molecule is CC(Cl)=C=Cc1ccccc1. The Kier molecular flexibility index (Phi) is 2.97. The lowest BCUT2D eigenvalue weighted by Crippen LogP contribution is -1.65. The first-order chi connectivity index (χ1) is 5.29. The Morgan fingerprint density at radius 1 is 1.36 bits per heavy atom. The van der Waals surface area contributed by atoms with Gasteiger partial charge in [0.2, 0.25) is 0 Å². The zero-order valence-electron chi connectivity index (χ0n) is 6.34. The van der Waals surface area contributed by atoms with Gasteiger partial charge in [-0.1, -0.05) is 41.9 Å². The van der Waals surface area contributed by atoms with Crippen molar-refractivity contribution in [3.05, 3.63) is 46.7 Å². The van der Waals surface area contributed by atoms with Crippen LogP contribution in [0.1, 0.15) is 12.5 Å². The van der Waals surface area contributed by atoms with Crippen molar-refractivity contribution < 1.29 is 0 Å². The lowest BCUT2D eigenvalue weighted by atomic mass is 10.2. The minimum absolute atomic E-state index is 0.675. The molecule has 11 heavy (non-hydrogen) atoms. The van der Waals surface area contributed by atoms with E-state index in [0.29, 0.717) is 5.03 Å². The standard InChI is InChI=1S/C10H9Cl/c1-9(11)7-8-10-5-3-2-4-6-10/h2-6,8H,1H3. The fourth-order valence-corrected chi connectivity index (χ4v) is 0.787. The van der Waals surface area contributed by atoms with Gasteiger partial charge in [0.05, 0.1) is 5.03 Å². The topological polar surface area (TPSA) is 0 Å². The van der Waals surface area contributed by atoms with Gasteiger partial charge in [-0.3, -0.25) is 0 Å². The molecule has 0 aliphatic heterocycles. The average molecular weight is 165 g/mol. The minimum atomic E-state index is 0.675. The summed E-state index contributed by atoms with van der Waals surface area (Å²) in [6.45, 7) is 1.81. The molecule has 1 rings (SSSR count). The van der Waals surface area contributed by atoms with Gasteiger partial charge in [0.25, 0.3) is 0 Å². The van der Waals surface area contributed by atoms with Crippen LogP contribution in [-0.2, 0) is 0 Å². The number of hydrogen-bond acceptors (Lipinski definition) is 0. The van der Waals surface area contributed by atoms with Gasteiger partial charge >= 0.3 is 0 Å². The van der Waals surface area contributed by atoms with Gasteiger partial charge < -0.3 is 0 Å². The maximum atomic E-state index is 5.60. The summed E-state index contributed by atoms with van der Waals surface area (Å²) in [6.07, 6.45) is 1.86. The van der Waals surface area contributed by atoms with E-state index in [0.717, 1.165) is 5.56 Å². The van der Waals surface area contributed by atoms with Crippen LogP contribution in [-0.4, -0.2) is 0 Å². The molecule has 0 aromatic heterocycles. The lowest BCUT2D eigenvalue weighted by molar-refractivity contribution is 1.65. The molecule has 0 bridgehead atoms. The third-order valence-electron chi connectivity index (χ3n) is 1.24. The van der Waals surface area contributed by atoms with E-state index >= 15 is 0 Å². The molecule has 0 radical (unpaired) electrons. The van der Waals surface area contributed by atoms with Gasteiger partial charge in [-0.2, -0.15) is 0 Å². The van der Waals surface area contributed by atoms with Crippen LogP contribution in [0, 0.1) is 0 Å². The fraction of sp³-hybridized carbons (Fsp3) is 0.100. The maximum Gasteiger partial charge on any atom is 0.0567 e. The number of hydrogen-bond donors (Lipinski definition) is 0. The molecule has 0 N–H and O–H groups in total. The first kappa shape index (κ1) is 8.13. The van der Waals surface area contributed by atoms with Crippen molar-refractivity contribution in [1.82, 2.24) is 0 Å². The Labute approximate surface area is 71.8 Å². The van der Waals surface area contributed by atoms with Gasteiger partial charge in [-0.15, -0.1) is 5.73 Å². The highest BCUT2D eigenvalue weighted by Crippen LogP contribution is 2.02. The molecule has 0 fully saturated rings. The molecule has 0 saturated heterocycles. The van der Waals surface area contributed by atoms with Crippen LogP contribution in [0.5, 0.6) is 0 Å². The fourth-order valence-electron chi connectivity index (χ4n) is 0.732. The normalized spacial score (nSPS) is 8.55. The van der Waals surface area contributed by atoms with E-state index in [1.165, 1.54) is 0 Å². The largest absolute Gasteiger partial charge is 0.105 e. The molecule has 56 valence electrons. The molecular formula is C10H9Cl. The van der Waals surface area contributed by atoms with Gasteiger partial charge in [0, 0.05) is 0 Å². The number of allylic oxidation sites excluding steroid dienone is 1. The third-order valence-corrected chi connectivity index (χ3v) is 1.35. The lowest BCUT2D eigenvalue weighted by Gasteiger charge is -1.86. The first-order valence-electron chi connectivity index (χ1n) is 3.43. The average Bonchev–Trinajstić information content (AvgIpc) is 2.03. The zero-order valence-corrected chi connectivity index (χ0v) is 7.10. The summed E-state index contributed by atoms with van der Waals surface area (Å²) < 4.78 is 0. The summed E-state index contributed by atoms with van der Waals surface area (Å²) in [4.78, 5) is 0. The van der Waals surface area contributed by atoms with Crippen molar-refractivity contribution in [2.75, 3.05) is 0 Å². The van der Waals surface area contributed by atoms with Gasteiger partial charge in [0.1, 0.15) is 0 Å². The van der Waals surface area contributed by atoms with Crippen LogP contribution in [0.3, 0.4) is 0 Å². The molecule has 1 aromatic carbocycles. The van der Waals surface area contributed by atoms with E-state index in [9.17, 15) is 0 Å². The highest BCUT2D eigenvalue weighted by atomic mass is 35.5. The number of rotatable bonds is 1. The Morgan fingerprint density at radius 3 is 2.55 bits per heavy atom. The van der Waals surface area contributed by atoms with Crippen molar-refractivity contribution in [3.63, 3.8) is 0 Å². The number of benzene rings is 1. The van der Waals surface area contributed by atoms with E-state index < -0.39 is 0 Å². The Balaban J connectivity index is 2.89. The molecule has 0 atom stereocenters. The molecule has 0 aliphatic carbocycles. The van der Waals surface area contributed by atoms with E-state index in [4.69, 9.17) is 11.6 Å². The molecule has 0 aliphatic rings. The van der Waals surface area contributed by atoms with Crippen molar-refractivity contribution in [2.24, 2.45) is 0 Å². The Morgan fingerprint density at radius 2 is 2.00 bits per heavy atom. The second-order valence-corrected chi connectivity index (χ2v) is 2.80. The van der Waals surface area contributed by atoms with Crippen LogP contribution < -0.4 is 0 Å². The van der Waals surface area contributed by atoms with Gasteiger partial charge in [-0.05, 0) is 18.6 Å². The van der Waals surface area contributed by atoms with Crippen LogP contribution >= 0.6 is 11.6 Å². The summed E-state index contributed by atoms with van der Waals surface area (Å²) in [5.41, 5.74) is 4.04. The molecule has 0 spiro atoms. The van der Waals surface area contributed by atoms with Gasteiger partial charge in [-0.25, -0.2) is 0 Å². The molecule has 0 unspecified atom stereocenters. The monoisotopic (exact) mass is 164 g/mol. The van der Waals surface area contributed by atoms with Crippen molar-refractivity contribution in [3.8, 4) is 0 Å². The molecule has 0 nitrogen and oxygen atoms in total. The Hall–Kier alpha value is -0.970. The van der Waals surface area contributed by atoms with Crippen LogP contribution in [0.25, 0.3) is 6.08 Å². The molecule has 1 aromatic rings. The second-order valence-electron chi connectivity index (χ2n) is 2.23. The zero-order chi connectivity index (χ0) is 8.10. The summed E-state index contributed by atoms with van der Waals surface area (Å²) in [7, 11) is 0. The van der Waals surface area contributed by atoms with Crippen molar-refractivity contribution in [2.45, 2.75) is 6.92 Å². The molecule has 0 amide bonds. The van der Waals surface area contributed by atoms with E-state index in [-0.39, 0.29) is 0 Å². The van der Waals surface area contributed by atoms with E-state index in [1.54, 1.807) is 6.92 Å². The number of halogens is 1. The van der Waals surface area contributed by atoms with E-state index in [2.05, 4.69) is 5.73 Å². The molecule has 0 saturated carbocycles. The first-order valence-corrected chi connectivity index (χ1v) is 3.80. The summed E-state index contributed by atoms with van der Waals surface area (Å²) in [5.74, 6) is 0. The second kappa shape index (κ2) is 4.02. The quantitative estimate of drug-likeness (QED) is 0.558. The smallest absolute Gasteiger partial charge is 0.0567 e. The minimum Gasteiger partial charge on any atom is -0.105 e. The molecular weight excluding hydrogens is 156 g/mol. The summed E-state index contributed by atoms with van der Waals surface area (Å²) in [5, 5.41) is 0.675. The van der Waals surface area contributed by atoms with Crippen LogP contribution in [0.4, 0.5) is 0 Å². The Bertz CT molecular complexity index is 275. The highest BCUT2D eigenvalue weighted by molar-refractivity contribution is 6.29. The maximum absolute atomic E-state index is 5.60.